The minimum atomic E-state index is 1.33. The molecule has 0 amide bonds. The average molecular weight is 175 g/mol. The zero-order chi connectivity index (χ0) is 9.52. The van der Waals surface area contributed by atoms with Gasteiger partial charge in [0, 0.05) is 0 Å². The average Bonchev–Trinajstić information content (AvgIpc) is 2.68. The molecule has 2 aromatic rings. The number of benzene rings is 1. The van der Waals surface area contributed by atoms with Crippen LogP contribution in [0.25, 0.3) is 0 Å². The van der Waals surface area contributed by atoms with Crippen LogP contribution in [0.5, 0.6) is 0 Å². The van der Waals surface area contributed by atoms with Crippen LogP contribution >= 0.6 is 0 Å². The fourth-order valence-electron chi connectivity index (χ4n) is 0.813. The second kappa shape index (κ2) is 5.14. The Bertz CT molecular complexity index is 272. The fraction of sp³-hybridized carbons (Fsp3) is 0.182. The smallest absolute Gasteiger partial charge is 0.123 e. The molecule has 0 spiro atoms. The first-order chi connectivity index (χ1) is 6.29. The van der Waals surface area contributed by atoms with Gasteiger partial charge in [-0.15, -0.1) is 0 Å². The summed E-state index contributed by atoms with van der Waals surface area (Å²) in [5.74, 6) is 0. The standard InChI is InChI=1S/C8H10.C3H3NO/c1-7-3-5-8(2)6-4-7;1-2-4-5-3-1/h3-6H,1-2H3;1-3H. The van der Waals surface area contributed by atoms with E-state index in [2.05, 4.69) is 47.8 Å². The summed E-state index contributed by atoms with van der Waals surface area (Å²) in [6.07, 6.45) is 3.10. The maximum absolute atomic E-state index is 4.33. The third-order valence-corrected chi connectivity index (χ3v) is 1.57. The minimum Gasteiger partial charge on any atom is -0.365 e. The van der Waals surface area contributed by atoms with E-state index in [1.54, 1.807) is 12.3 Å². The zero-order valence-electron chi connectivity index (χ0n) is 7.90. The van der Waals surface area contributed by atoms with Gasteiger partial charge in [-0.3, -0.25) is 0 Å². The van der Waals surface area contributed by atoms with Gasteiger partial charge in [-0.2, -0.15) is 0 Å². The molecule has 2 nitrogen and oxygen atoms in total. The van der Waals surface area contributed by atoms with Crippen LogP contribution in [-0.4, -0.2) is 5.16 Å². The predicted molar refractivity (Wildman–Crippen MR) is 52.4 cm³/mol. The van der Waals surface area contributed by atoms with Crippen LogP contribution in [-0.2, 0) is 0 Å². The van der Waals surface area contributed by atoms with Gasteiger partial charge in [-0.1, -0.05) is 40.5 Å². The van der Waals surface area contributed by atoms with Crippen LogP contribution in [0.3, 0.4) is 0 Å². The van der Waals surface area contributed by atoms with Gasteiger partial charge in [0.15, 0.2) is 0 Å². The lowest BCUT2D eigenvalue weighted by molar-refractivity contribution is 0.420. The summed E-state index contributed by atoms with van der Waals surface area (Å²) in [4.78, 5) is 0. The molecule has 0 radical (unpaired) electrons. The van der Waals surface area contributed by atoms with Gasteiger partial charge in [-0.05, 0) is 19.9 Å². The van der Waals surface area contributed by atoms with Crippen molar-refractivity contribution >= 4 is 0 Å². The lowest BCUT2D eigenvalue weighted by Crippen LogP contribution is -1.70. The Morgan fingerprint density at radius 3 is 1.77 bits per heavy atom. The number of rotatable bonds is 0. The lowest BCUT2D eigenvalue weighted by Gasteiger charge is -1.90. The van der Waals surface area contributed by atoms with Gasteiger partial charge in [0.25, 0.3) is 0 Å². The molecule has 1 aromatic carbocycles. The highest BCUT2D eigenvalue weighted by atomic mass is 16.5. The Morgan fingerprint density at radius 2 is 1.54 bits per heavy atom. The van der Waals surface area contributed by atoms with Crippen molar-refractivity contribution in [2.45, 2.75) is 13.8 Å². The molecular weight excluding hydrogens is 162 g/mol. The molecule has 2 heteroatoms. The van der Waals surface area contributed by atoms with Crippen LogP contribution in [0.15, 0.2) is 47.3 Å². The van der Waals surface area contributed by atoms with Gasteiger partial charge in [0.1, 0.15) is 6.26 Å². The third kappa shape index (κ3) is 4.11. The first kappa shape index (κ1) is 9.52. The quantitative estimate of drug-likeness (QED) is 0.615. The largest absolute Gasteiger partial charge is 0.365 e. The van der Waals surface area contributed by atoms with Crippen molar-refractivity contribution < 1.29 is 4.52 Å². The third-order valence-electron chi connectivity index (χ3n) is 1.57. The SMILES string of the molecule is Cc1ccc(C)cc1.c1cnoc1. The fourth-order valence-corrected chi connectivity index (χ4v) is 0.813. The monoisotopic (exact) mass is 175 g/mol. The summed E-state index contributed by atoms with van der Waals surface area (Å²) in [7, 11) is 0. The maximum atomic E-state index is 4.33. The van der Waals surface area contributed by atoms with Crippen molar-refractivity contribution in [3.63, 3.8) is 0 Å². The number of hydrogen-bond donors (Lipinski definition) is 0. The Kier molecular flexibility index (Phi) is 3.76. The zero-order valence-corrected chi connectivity index (χ0v) is 7.90. The lowest BCUT2D eigenvalue weighted by atomic mass is 10.2. The molecular formula is C11H13NO. The summed E-state index contributed by atoms with van der Waals surface area (Å²) < 4.78 is 4.33. The van der Waals surface area contributed by atoms with Crippen molar-refractivity contribution in [3.8, 4) is 0 Å². The molecule has 0 aliphatic heterocycles. The van der Waals surface area contributed by atoms with E-state index >= 15 is 0 Å². The van der Waals surface area contributed by atoms with E-state index < -0.39 is 0 Å². The minimum absolute atomic E-state index is 1.33. The molecule has 13 heavy (non-hydrogen) atoms. The van der Waals surface area contributed by atoms with Crippen LogP contribution in [0.1, 0.15) is 11.1 Å². The van der Waals surface area contributed by atoms with Crippen molar-refractivity contribution in [1.82, 2.24) is 5.16 Å². The number of aromatic nitrogens is 1. The Balaban J connectivity index is 0.000000145. The molecule has 0 bridgehead atoms. The van der Waals surface area contributed by atoms with Crippen molar-refractivity contribution in [2.24, 2.45) is 0 Å². The molecule has 0 aliphatic rings. The van der Waals surface area contributed by atoms with E-state index in [9.17, 15) is 0 Å². The molecule has 1 heterocycles. The van der Waals surface area contributed by atoms with E-state index in [4.69, 9.17) is 0 Å². The maximum Gasteiger partial charge on any atom is 0.123 e. The van der Waals surface area contributed by atoms with Crippen molar-refractivity contribution in [1.29, 1.82) is 0 Å². The first-order valence-electron chi connectivity index (χ1n) is 4.16. The van der Waals surface area contributed by atoms with Gasteiger partial charge >= 0.3 is 0 Å². The summed E-state index contributed by atoms with van der Waals surface area (Å²) in [5.41, 5.74) is 2.66. The highest BCUT2D eigenvalue weighted by molar-refractivity contribution is 5.19. The summed E-state index contributed by atoms with van der Waals surface area (Å²) in [6.45, 7) is 4.19. The molecule has 0 atom stereocenters. The van der Waals surface area contributed by atoms with E-state index in [-0.39, 0.29) is 0 Å². The summed E-state index contributed by atoms with van der Waals surface area (Å²) >= 11 is 0. The van der Waals surface area contributed by atoms with Crippen molar-refractivity contribution in [3.05, 3.63) is 53.9 Å². The Labute approximate surface area is 78.2 Å². The van der Waals surface area contributed by atoms with E-state index in [1.807, 2.05) is 0 Å². The summed E-state index contributed by atoms with van der Waals surface area (Å²) in [6, 6.07) is 10.2. The van der Waals surface area contributed by atoms with Gasteiger partial charge < -0.3 is 4.52 Å². The normalized spacial score (nSPS) is 8.77. The molecule has 68 valence electrons. The highest BCUT2D eigenvalue weighted by Crippen LogP contribution is 1.99. The van der Waals surface area contributed by atoms with Crippen LogP contribution < -0.4 is 0 Å². The highest BCUT2D eigenvalue weighted by Gasteiger charge is 1.79. The molecule has 2 rings (SSSR count). The second-order valence-electron chi connectivity index (χ2n) is 2.84. The van der Waals surface area contributed by atoms with Gasteiger partial charge in [0.2, 0.25) is 0 Å². The Morgan fingerprint density at radius 1 is 1.00 bits per heavy atom. The van der Waals surface area contributed by atoms with Crippen LogP contribution in [0.2, 0.25) is 0 Å². The molecule has 1 aromatic heterocycles. The molecule has 0 unspecified atom stereocenters. The molecule has 0 aliphatic carbocycles. The van der Waals surface area contributed by atoms with E-state index in [1.165, 1.54) is 17.4 Å². The number of aryl methyl sites for hydroxylation is 2. The summed E-state index contributed by atoms with van der Waals surface area (Å²) in [5, 5.41) is 3.35. The molecule has 0 N–H and O–H groups in total. The predicted octanol–water partition coefficient (Wildman–Crippen LogP) is 2.98. The topological polar surface area (TPSA) is 26.0 Å². The van der Waals surface area contributed by atoms with Gasteiger partial charge in [0.05, 0.1) is 6.20 Å². The molecule has 0 saturated carbocycles. The molecule has 0 saturated heterocycles. The first-order valence-corrected chi connectivity index (χ1v) is 4.16. The van der Waals surface area contributed by atoms with Crippen molar-refractivity contribution in [2.75, 3.05) is 0 Å². The Hall–Kier alpha value is -1.57. The number of nitrogens with zero attached hydrogens (tertiary/aromatic N) is 1. The van der Waals surface area contributed by atoms with Crippen LogP contribution in [0, 0.1) is 13.8 Å². The number of hydrogen-bond acceptors (Lipinski definition) is 2. The van der Waals surface area contributed by atoms with E-state index in [0.29, 0.717) is 0 Å². The van der Waals surface area contributed by atoms with E-state index in [0.717, 1.165) is 0 Å². The molecule has 0 fully saturated rings. The second-order valence-corrected chi connectivity index (χ2v) is 2.84. The van der Waals surface area contributed by atoms with Gasteiger partial charge in [-0.25, -0.2) is 0 Å². The van der Waals surface area contributed by atoms with Crippen LogP contribution in [0.4, 0.5) is 0 Å².